The predicted octanol–water partition coefficient (Wildman–Crippen LogP) is 0.0205. The number of methoxy groups -OCH3 is 1. The Kier molecular flexibility index (Phi) is 9.64. The standard InChI is InChI=1S/C10H19NO5/c1-15-6-7-16-5-3-2-4-11-9(12)8-10(13)14/h2-8H2,1H3,(H,11,12)(H,13,14). The topological polar surface area (TPSA) is 84.9 Å². The van der Waals surface area contributed by atoms with E-state index in [2.05, 4.69) is 5.32 Å². The molecule has 6 heteroatoms. The van der Waals surface area contributed by atoms with Crippen LogP contribution >= 0.6 is 0 Å². The van der Waals surface area contributed by atoms with Gasteiger partial charge in [-0.1, -0.05) is 0 Å². The van der Waals surface area contributed by atoms with Gasteiger partial charge >= 0.3 is 5.97 Å². The van der Waals surface area contributed by atoms with Crippen molar-refractivity contribution in [1.29, 1.82) is 0 Å². The highest BCUT2D eigenvalue weighted by Gasteiger charge is 2.05. The van der Waals surface area contributed by atoms with Gasteiger partial charge in [0.25, 0.3) is 0 Å². The van der Waals surface area contributed by atoms with E-state index >= 15 is 0 Å². The van der Waals surface area contributed by atoms with E-state index in [0.29, 0.717) is 26.4 Å². The first-order valence-electron chi connectivity index (χ1n) is 5.22. The van der Waals surface area contributed by atoms with Crippen molar-refractivity contribution in [2.75, 3.05) is 33.5 Å². The largest absolute Gasteiger partial charge is 0.481 e. The van der Waals surface area contributed by atoms with Crippen LogP contribution < -0.4 is 5.32 Å². The van der Waals surface area contributed by atoms with Crippen molar-refractivity contribution < 1.29 is 24.2 Å². The minimum Gasteiger partial charge on any atom is -0.481 e. The normalized spacial score (nSPS) is 10.1. The fourth-order valence-corrected chi connectivity index (χ4v) is 1.00. The highest BCUT2D eigenvalue weighted by Crippen LogP contribution is 1.89. The van der Waals surface area contributed by atoms with Crippen molar-refractivity contribution in [2.45, 2.75) is 19.3 Å². The van der Waals surface area contributed by atoms with Crippen LogP contribution in [0.5, 0.6) is 0 Å². The van der Waals surface area contributed by atoms with Crippen LogP contribution in [0.1, 0.15) is 19.3 Å². The summed E-state index contributed by atoms with van der Waals surface area (Å²) >= 11 is 0. The summed E-state index contributed by atoms with van der Waals surface area (Å²) in [4.78, 5) is 21.0. The molecule has 0 saturated carbocycles. The highest BCUT2D eigenvalue weighted by molar-refractivity contribution is 5.93. The highest BCUT2D eigenvalue weighted by atomic mass is 16.5. The quantitative estimate of drug-likeness (QED) is 0.410. The summed E-state index contributed by atoms with van der Waals surface area (Å²) in [5.74, 6) is -1.56. The Morgan fingerprint density at radius 1 is 1.19 bits per heavy atom. The molecule has 2 N–H and O–H groups in total. The zero-order valence-electron chi connectivity index (χ0n) is 9.53. The van der Waals surface area contributed by atoms with Crippen molar-refractivity contribution in [1.82, 2.24) is 5.32 Å². The molecule has 0 rings (SSSR count). The first kappa shape index (κ1) is 14.9. The predicted molar refractivity (Wildman–Crippen MR) is 57.2 cm³/mol. The smallest absolute Gasteiger partial charge is 0.312 e. The summed E-state index contributed by atoms with van der Waals surface area (Å²) < 4.78 is 10.0. The number of carboxylic acid groups (broad SMARTS) is 1. The summed E-state index contributed by atoms with van der Waals surface area (Å²) in [6.45, 7) is 2.26. The molecular weight excluding hydrogens is 214 g/mol. The molecule has 0 aliphatic rings. The molecule has 0 aromatic rings. The third-order valence-electron chi connectivity index (χ3n) is 1.78. The number of carbonyl (C=O) groups is 2. The van der Waals surface area contributed by atoms with Gasteiger partial charge in [-0.15, -0.1) is 0 Å². The van der Waals surface area contributed by atoms with Gasteiger partial charge in [-0.25, -0.2) is 0 Å². The molecule has 0 aromatic heterocycles. The van der Waals surface area contributed by atoms with E-state index in [1.54, 1.807) is 7.11 Å². The van der Waals surface area contributed by atoms with E-state index in [-0.39, 0.29) is 0 Å². The Bertz CT molecular complexity index is 207. The van der Waals surface area contributed by atoms with Crippen molar-refractivity contribution in [3.63, 3.8) is 0 Å². The Labute approximate surface area is 94.9 Å². The SMILES string of the molecule is COCCOCCCCNC(=O)CC(=O)O. The maximum Gasteiger partial charge on any atom is 0.312 e. The lowest BCUT2D eigenvalue weighted by Gasteiger charge is -2.04. The number of ether oxygens (including phenoxy) is 2. The number of aliphatic carboxylic acids is 1. The number of carboxylic acids is 1. The molecule has 0 aliphatic carbocycles. The molecular formula is C10H19NO5. The number of rotatable bonds is 10. The van der Waals surface area contributed by atoms with E-state index in [9.17, 15) is 9.59 Å². The van der Waals surface area contributed by atoms with Gasteiger partial charge in [0.05, 0.1) is 13.2 Å². The molecule has 0 bridgehead atoms. The summed E-state index contributed by atoms with van der Waals surface area (Å²) in [6.07, 6.45) is 1.14. The van der Waals surface area contributed by atoms with Crippen LogP contribution in [0.2, 0.25) is 0 Å². The van der Waals surface area contributed by atoms with E-state index in [1.165, 1.54) is 0 Å². The number of hydrogen-bond donors (Lipinski definition) is 2. The minimum absolute atomic E-state index is 0.451. The average Bonchev–Trinajstić information content (AvgIpc) is 2.21. The fraction of sp³-hybridized carbons (Fsp3) is 0.800. The Morgan fingerprint density at radius 3 is 2.56 bits per heavy atom. The molecule has 0 aromatic carbocycles. The average molecular weight is 233 g/mol. The number of unbranched alkanes of at least 4 members (excludes halogenated alkanes) is 1. The molecule has 0 spiro atoms. The van der Waals surface area contributed by atoms with Crippen molar-refractivity contribution in [2.24, 2.45) is 0 Å². The van der Waals surface area contributed by atoms with Gasteiger partial charge in [0.15, 0.2) is 0 Å². The molecule has 6 nitrogen and oxygen atoms in total. The third-order valence-corrected chi connectivity index (χ3v) is 1.78. The van der Waals surface area contributed by atoms with Gasteiger partial charge in [0, 0.05) is 20.3 Å². The van der Waals surface area contributed by atoms with E-state index in [0.717, 1.165) is 12.8 Å². The third kappa shape index (κ3) is 10.9. The van der Waals surface area contributed by atoms with Crippen molar-refractivity contribution >= 4 is 11.9 Å². The molecule has 0 aliphatic heterocycles. The van der Waals surface area contributed by atoms with Gasteiger partial charge < -0.3 is 19.9 Å². The number of nitrogens with one attached hydrogen (secondary N) is 1. The van der Waals surface area contributed by atoms with Gasteiger partial charge in [0.1, 0.15) is 6.42 Å². The zero-order valence-corrected chi connectivity index (χ0v) is 9.53. The second-order valence-corrected chi connectivity index (χ2v) is 3.23. The van der Waals surface area contributed by atoms with Crippen LogP contribution in [0.15, 0.2) is 0 Å². The van der Waals surface area contributed by atoms with Crippen LogP contribution in [-0.4, -0.2) is 50.5 Å². The first-order chi connectivity index (χ1) is 7.66. The maximum absolute atomic E-state index is 10.9. The van der Waals surface area contributed by atoms with Crippen LogP contribution in [0, 0.1) is 0 Å². The summed E-state index contributed by atoms with van der Waals surface area (Å²) in [6, 6.07) is 0. The lowest BCUT2D eigenvalue weighted by molar-refractivity contribution is -0.140. The molecule has 16 heavy (non-hydrogen) atoms. The molecule has 0 atom stereocenters. The minimum atomic E-state index is -1.11. The summed E-state index contributed by atoms with van der Waals surface area (Å²) in [7, 11) is 1.61. The van der Waals surface area contributed by atoms with Gasteiger partial charge in [-0.2, -0.15) is 0 Å². The Morgan fingerprint density at radius 2 is 1.94 bits per heavy atom. The first-order valence-corrected chi connectivity index (χ1v) is 5.22. The molecule has 1 amide bonds. The molecule has 0 radical (unpaired) electrons. The van der Waals surface area contributed by atoms with Crippen LogP contribution in [0.4, 0.5) is 0 Å². The second-order valence-electron chi connectivity index (χ2n) is 3.23. The Balaban J connectivity index is 3.14. The van der Waals surface area contributed by atoms with E-state index in [1.807, 2.05) is 0 Å². The molecule has 0 fully saturated rings. The van der Waals surface area contributed by atoms with Gasteiger partial charge in [-0.05, 0) is 12.8 Å². The molecule has 0 unspecified atom stereocenters. The maximum atomic E-state index is 10.9. The van der Waals surface area contributed by atoms with Crippen LogP contribution in [0.25, 0.3) is 0 Å². The number of hydrogen-bond acceptors (Lipinski definition) is 4. The molecule has 94 valence electrons. The van der Waals surface area contributed by atoms with E-state index in [4.69, 9.17) is 14.6 Å². The van der Waals surface area contributed by atoms with E-state index < -0.39 is 18.3 Å². The monoisotopic (exact) mass is 233 g/mol. The summed E-state index contributed by atoms with van der Waals surface area (Å²) in [5, 5.41) is 10.8. The van der Waals surface area contributed by atoms with Gasteiger partial charge in [0.2, 0.25) is 5.91 Å². The lowest BCUT2D eigenvalue weighted by Crippen LogP contribution is -2.26. The molecule has 0 heterocycles. The fourth-order valence-electron chi connectivity index (χ4n) is 1.00. The summed E-state index contributed by atoms with van der Waals surface area (Å²) in [5.41, 5.74) is 0. The lowest BCUT2D eigenvalue weighted by atomic mass is 10.3. The van der Waals surface area contributed by atoms with Gasteiger partial charge in [-0.3, -0.25) is 9.59 Å². The van der Waals surface area contributed by atoms with Crippen LogP contribution in [0.3, 0.4) is 0 Å². The zero-order chi connectivity index (χ0) is 12.2. The number of carbonyl (C=O) groups excluding carboxylic acids is 1. The van der Waals surface area contributed by atoms with Crippen molar-refractivity contribution in [3.8, 4) is 0 Å². The van der Waals surface area contributed by atoms with Crippen LogP contribution in [-0.2, 0) is 19.1 Å². The molecule has 0 saturated heterocycles. The second kappa shape index (κ2) is 10.4. The van der Waals surface area contributed by atoms with Crippen molar-refractivity contribution in [3.05, 3.63) is 0 Å². The number of amides is 1. The Hall–Kier alpha value is -1.14.